The number of benzene rings is 6. The number of phenolic OH excluding ortho intramolecular Hbond substituents is 2. The molecule has 0 aliphatic heterocycles. The first-order chi connectivity index (χ1) is 36.2. The molecule has 0 spiro atoms. The maximum atomic E-state index is 13.1. The third-order valence-corrected chi connectivity index (χ3v) is 11.6. The lowest BCUT2D eigenvalue weighted by Crippen LogP contribution is -2.57. The molecule has 0 bridgehead atoms. The van der Waals surface area contributed by atoms with Gasteiger partial charge >= 0.3 is 5.97 Å². The van der Waals surface area contributed by atoms with E-state index in [4.69, 9.17) is 21.4 Å². The van der Waals surface area contributed by atoms with Crippen molar-refractivity contribution in [3.05, 3.63) is 190 Å². The van der Waals surface area contributed by atoms with Gasteiger partial charge in [-0.15, -0.1) is 0 Å². The molecule has 0 heterocycles. The fraction of sp³-hybridized carbons (Fsp3) is 0.186. The Kier molecular flexibility index (Phi) is 19.9. The van der Waals surface area contributed by atoms with Crippen LogP contribution in [0.1, 0.15) is 74.9 Å². The van der Waals surface area contributed by atoms with Crippen molar-refractivity contribution in [3.8, 4) is 58.9 Å². The number of nitrogens with one attached hydrogen (secondary N) is 3. The van der Waals surface area contributed by atoms with Crippen molar-refractivity contribution in [2.24, 2.45) is 5.41 Å². The third kappa shape index (κ3) is 16.2. The molecule has 6 aromatic carbocycles. The van der Waals surface area contributed by atoms with Crippen LogP contribution in [0, 0.1) is 52.8 Å². The fourth-order valence-corrected chi connectivity index (χ4v) is 6.74. The van der Waals surface area contributed by atoms with Gasteiger partial charge in [0.25, 0.3) is 17.7 Å². The summed E-state index contributed by atoms with van der Waals surface area (Å²) < 4.78 is 5.31. The summed E-state index contributed by atoms with van der Waals surface area (Å²) in [4.78, 5) is 51.3. The van der Waals surface area contributed by atoms with E-state index < -0.39 is 65.6 Å². The topological polar surface area (TPSA) is 307 Å². The second-order valence-corrected chi connectivity index (χ2v) is 17.8. The average molecular weight is 1030 g/mol. The van der Waals surface area contributed by atoms with Crippen LogP contribution in [0.15, 0.2) is 146 Å². The van der Waals surface area contributed by atoms with Gasteiger partial charge in [-0.3, -0.25) is 19.6 Å². The van der Waals surface area contributed by atoms with E-state index in [0.29, 0.717) is 22.5 Å². The van der Waals surface area contributed by atoms with Crippen molar-refractivity contribution in [1.29, 1.82) is 0 Å². The van der Waals surface area contributed by atoms with Gasteiger partial charge in [0.05, 0.1) is 13.2 Å². The number of nitrogen functional groups attached to an aromatic ring is 2. The van der Waals surface area contributed by atoms with Crippen molar-refractivity contribution >= 4 is 35.1 Å². The molecule has 0 fully saturated rings. The predicted molar refractivity (Wildman–Crippen MR) is 283 cm³/mol. The number of amides is 3. The molecule has 0 radical (unpaired) electrons. The van der Waals surface area contributed by atoms with Gasteiger partial charge in [-0.2, -0.15) is 0 Å². The highest BCUT2D eigenvalue weighted by Gasteiger charge is 2.43. The van der Waals surface area contributed by atoms with Gasteiger partial charge in [0.1, 0.15) is 35.3 Å². The molecule has 0 saturated carbocycles. The number of nitrogens with two attached hydrogens (primary N) is 2. The molecule has 0 aliphatic rings. The predicted octanol–water partition coefficient (Wildman–Crippen LogP) is 3.81. The Hall–Kier alpha value is -9.56. The number of ether oxygens (including phenoxy) is 1. The Balaban J connectivity index is 0.000000284. The summed E-state index contributed by atoms with van der Waals surface area (Å²) in [5.74, 6) is 19.2. The van der Waals surface area contributed by atoms with Gasteiger partial charge in [0.15, 0.2) is 6.04 Å². The Morgan fingerprint density at radius 2 is 0.829 bits per heavy atom. The summed E-state index contributed by atoms with van der Waals surface area (Å²) in [6.45, 7) is 2.89. The number of aliphatic hydroxyl groups is 4. The smallest absolute Gasteiger partial charge is 0.332 e. The van der Waals surface area contributed by atoms with Crippen LogP contribution in [-0.2, 0) is 25.5 Å². The summed E-state index contributed by atoms with van der Waals surface area (Å²) >= 11 is 0. The summed E-state index contributed by atoms with van der Waals surface area (Å²) in [7, 11) is 0. The molecular weight excluding hydrogens is 971 g/mol. The Morgan fingerprint density at radius 3 is 1.16 bits per heavy atom. The van der Waals surface area contributed by atoms with E-state index in [1.54, 1.807) is 72.8 Å². The van der Waals surface area contributed by atoms with Crippen molar-refractivity contribution in [2.45, 2.75) is 44.1 Å². The molecule has 0 aromatic heterocycles. The number of esters is 1. The summed E-state index contributed by atoms with van der Waals surface area (Å²) in [6.07, 6.45) is 0. The zero-order valence-electron chi connectivity index (χ0n) is 41.5. The van der Waals surface area contributed by atoms with Crippen molar-refractivity contribution in [1.82, 2.24) is 16.1 Å². The number of aromatic hydroxyl groups is 2. The number of anilines is 2. The fourth-order valence-electron chi connectivity index (χ4n) is 6.74. The molecule has 6 aromatic rings. The van der Waals surface area contributed by atoms with Crippen LogP contribution in [0.2, 0.25) is 0 Å². The van der Waals surface area contributed by atoms with Gasteiger partial charge in [0.2, 0.25) is 0 Å². The summed E-state index contributed by atoms with van der Waals surface area (Å²) in [5.41, 5.74) is 12.7. The Morgan fingerprint density at radius 1 is 0.513 bits per heavy atom. The second kappa shape index (κ2) is 26.4. The zero-order chi connectivity index (χ0) is 55.5. The molecule has 0 unspecified atom stereocenters. The van der Waals surface area contributed by atoms with E-state index in [-0.39, 0.29) is 40.4 Å². The second-order valence-electron chi connectivity index (χ2n) is 17.8. The van der Waals surface area contributed by atoms with Crippen LogP contribution in [0.5, 0.6) is 11.5 Å². The normalized spacial score (nSPS) is 12.7. The first kappa shape index (κ1) is 57.3. The number of hydrogen-bond donors (Lipinski definition) is 12. The van der Waals surface area contributed by atoms with Crippen LogP contribution in [-0.4, -0.2) is 91.4 Å². The molecule has 14 N–H and O–H groups in total. The summed E-state index contributed by atoms with van der Waals surface area (Å²) in [5, 5.41) is 74.6. The molecule has 6 rings (SSSR count). The highest BCUT2D eigenvalue weighted by Crippen LogP contribution is 2.29. The molecule has 76 heavy (non-hydrogen) atoms. The number of hydroxylamine groups is 1. The standard InChI is InChI=1S/C32H32N2O7.C27H23N3O5/c1-31(19-35,20-36)21-41-30(39)28(32(2,40)25-13-17-27(37)18-14-25)34-29(38)24-11-7-22(8-12-24)5-3-4-6-23-9-15-26(33)16-10-23;1-27(34,21-12-16-23(31)17-13-21)24(26(33)30-35)29-25(32)20-10-6-18(7-11-20)4-2-3-5-19-8-14-22(28)15-9-19/h7-18,28,35-37,40H,19-21,33H2,1-2H3,(H,34,38);6-17,24,31,34-35H,28H2,1H3,(H,29,32)(H,30,33)/t28-,32+;24-,27+/m11/s1. The van der Waals surface area contributed by atoms with Gasteiger partial charge in [-0.1, -0.05) is 54.9 Å². The lowest BCUT2D eigenvalue weighted by Gasteiger charge is -2.33. The summed E-state index contributed by atoms with van der Waals surface area (Å²) in [6, 6.07) is 34.5. The highest BCUT2D eigenvalue weighted by atomic mass is 16.5. The van der Waals surface area contributed by atoms with Crippen LogP contribution < -0.4 is 27.6 Å². The number of phenols is 2. The monoisotopic (exact) mass is 1030 g/mol. The molecule has 0 aliphatic carbocycles. The van der Waals surface area contributed by atoms with Crippen LogP contribution in [0.25, 0.3) is 0 Å². The number of aliphatic hydroxyl groups excluding tert-OH is 2. The van der Waals surface area contributed by atoms with Gasteiger partial charge in [-0.05, 0) is 170 Å². The van der Waals surface area contributed by atoms with E-state index in [1.165, 1.54) is 99.0 Å². The minimum Gasteiger partial charge on any atom is -0.508 e. The molecule has 388 valence electrons. The van der Waals surface area contributed by atoms with Gasteiger partial charge in [0, 0.05) is 50.2 Å². The van der Waals surface area contributed by atoms with E-state index in [0.717, 1.165) is 11.1 Å². The van der Waals surface area contributed by atoms with Crippen molar-refractivity contribution in [3.63, 3.8) is 0 Å². The Labute approximate surface area is 439 Å². The molecular formula is C59H55N5O12. The van der Waals surface area contributed by atoms with Crippen LogP contribution in [0.4, 0.5) is 11.4 Å². The SMILES string of the molecule is CC(CO)(CO)COC(=O)[C@@H](NC(=O)c1ccc(C#CC#Cc2ccc(N)cc2)cc1)[C@@](C)(O)c1ccc(O)cc1.C[C@](O)(c1ccc(O)cc1)[C@H](NC(=O)c1ccc(C#CC#Cc2ccc(N)cc2)cc1)C(=O)NO. The maximum absolute atomic E-state index is 13.1. The molecule has 4 atom stereocenters. The number of rotatable bonds is 14. The van der Waals surface area contributed by atoms with Crippen molar-refractivity contribution < 1.29 is 59.8 Å². The van der Waals surface area contributed by atoms with Crippen LogP contribution in [0.3, 0.4) is 0 Å². The quantitative estimate of drug-likeness (QED) is 0.0243. The highest BCUT2D eigenvalue weighted by molar-refractivity contribution is 5.98. The largest absolute Gasteiger partial charge is 0.508 e. The zero-order valence-corrected chi connectivity index (χ0v) is 41.5. The molecule has 0 saturated heterocycles. The molecule has 17 heteroatoms. The van der Waals surface area contributed by atoms with E-state index in [9.17, 15) is 49.8 Å². The minimum absolute atomic E-state index is 0.0313. The lowest BCUT2D eigenvalue weighted by molar-refractivity contribution is -0.158. The van der Waals surface area contributed by atoms with Crippen LogP contribution >= 0.6 is 0 Å². The number of carbonyl (C=O) groups excluding carboxylic acids is 4. The Bertz CT molecular complexity index is 3240. The minimum atomic E-state index is -1.95. The van der Waals surface area contributed by atoms with E-state index in [2.05, 4.69) is 58.0 Å². The average Bonchev–Trinajstić information content (AvgIpc) is 3.44. The van der Waals surface area contributed by atoms with Gasteiger partial charge in [-0.25, -0.2) is 10.3 Å². The van der Waals surface area contributed by atoms with E-state index >= 15 is 0 Å². The first-order valence-corrected chi connectivity index (χ1v) is 23.1. The first-order valence-electron chi connectivity index (χ1n) is 23.1. The lowest BCUT2D eigenvalue weighted by atomic mass is 9.87. The maximum Gasteiger partial charge on any atom is 0.332 e. The van der Waals surface area contributed by atoms with Crippen molar-refractivity contribution in [2.75, 3.05) is 31.3 Å². The van der Waals surface area contributed by atoms with Gasteiger partial charge < -0.3 is 57.5 Å². The number of carbonyl (C=O) groups is 4. The molecule has 3 amide bonds. The number of hydrogen-bond acceptors (Lipinski definition) is 14. The molecule has 17 nitrogen and oxygen atoms in total. The third-order valence-electron chi connectivity index (χ3n) is 11.6. The van der Waals surface area contributed by atoms with E-state index in [1.807, 2.05) is 0 Å².